The van der Waals surface area contributed by atoms with Gasteiger partial charge in [0.15, 0.2) is 5.13 Å². The number of nitrogens with one attached hydrogen (secondary N) is 1. The van der Waals surface area contributed by atoms with Crippen molar-refractivity contribution >= 4 is 32.4 Å². The van der Waals surface area contributed by atoms with Gasteiger partial charge < -0.3 is 14.5 Å². The van der Waals surface area contributed by atoms with Gasteiger partial charge in [0.25, 0.3) is 5.91 Å². The summed E-state index contributed by atoms with van der Waals surface area (Å²) in [7, 11) is 0.445. The summed E-state index contributed by atoms with van der Waals surface area (Å²) < 4.78 is 31.3. The number of rotatable bonds is 5. The van der Waals surface area contributed by atoms with Crippen LogP contribution in [0.5, 0.6) is 5.75 Å². The number of carbonyl (C=O) groups excluding carboxylic acids is 1. The molecule has 0 spiro atoms. The van der Waals surface area contributed by atoms with Crippen LogP contribution >= 0.6 is 11.3 Å². The maximum Gasteiger partial charge on any atom is 0.266 e. The summed E-state index contributed by atoms with van der Waals surface area (Å²) in [5, 5.41) is 0.194. The zero-order valence-electron chi connectivity index (χ0n) is 16.3. The van der Waals surface area contributed by atoms with Crippen LogP contribution in [0.2, 0.25) is 0 Å². The van der Waals surface area contributed by atoms with Gasteiger partial charge in [-0.05, 0) is 27.1 Å². The first-order valence-electron chi connectivity index (χ1n) is 8.75. The van der Waals surface area contributed by atoms with Gasteiger partial charge in [0.2, 0.25) is 10.0 Å². The minimum Gasteiger partial charge on any atom is -0.491 e. The van der Waals surface area contributed by atoms with Gasteiger partial charge in [0.05, 0.1) is 24.5 Å². The normalized spacial score (nSPS) is 17.0. The van der Waals surface area contributed by atoms with Crippen LogP contribution in [0, 0.1) is 6.92 Å². The molecule has 1 unspecified atom stereocenters. The van der Waals surface area contributed by atoms with Crippen LogP contribution in [0.25, 0.3) is 0 Å². The van der Waals surface area contributed by atoms with Crippen molar-refractivity contribution in [2.75, 3.05) is 38.2 Å². The topological polar surface area (TPSA) is 91.8 Å². The molecular weight excluding hydrogens is 400 g/mol. The van der Waals surface area contributed by atoms with E-state index in [1.54, 1.807) is 11.8 Å². The third-order valence-corrected chi connectivity index (χ3v) is 6.04. The minimum atomic E-state index is -3.46. The van der Waals surface area contributed by atoms with E-state index in [4.69, 9.17) is 4.74 Å². The highest BCUT2D eigenvalue weighted by molar-refractivity contribution is 7.92. The van der Waals surface area contributed by atoms with E-state index in [9.17, 15) is 13.2 Å². The van der Waals surface area contributed by atoms with Crippen LogP contribution < -0.4 is 9.46 Å². The predicted octanol–water partition coefficient (Wildman–Crippen LogP) is 1.79. The monoisotopic (exact) mass is 424 g/mol. The SMILES string of the molecule is Cc1nc(NS(C)(=O)=O)sc1C(=O)N1Cc2ccccc2OCC1CN(C)C. The molecule has 1 atom stereocenters. The Hall–Kier alpha value is -2.17. The van der Waals surface area contributed by atoms with E-state index in [0.29, 0.717) is 30.3 Å². The van der Waals surface area contributed by atoms with Gasteiger partial charge in [-0.15, -0.1) is 0 Å². The first-order chi connectivity index (χ1) is 13.1. The van der Waals surface area contributed by atoms with E-state index in [-0.39, 0.29) is 17.1 Å². The molecule has 0 saturated heterocycles. The van der Waals surface area contributed by atoms with E-state index < -0.39 is 10.0 Å². The first kappa shape index (κ1) is 20.6. The summed E-state index contributed by atoms with van der Waals surface area (Å²) in [4.78, 5) is 21.8. The summed E-state index contributed by atoms with van der Waals surface area (Å²) in [6, 6.07) is 7.53. The first-order valence-corrected chi connectivity index (χ1v) is 11.5. The molecule has 1 aromatic carbocycles. The number of likely N-dealkylation sites (N-methyl/N-ethyl adjacent to an activating group) is 1. The molecule has 10 heteroatoms. The van der Waals surface area contributed by atoms with Crippen molar-refractivity contribution in [3.05, 3.63) is 40.4 Å². The number of benzene rings is 1. The number of nitrogens with zero attached hydrogens (tertiary/aromatic N) is 3. The molecule has 1 aromatic heterocycles. The van der Waals surface area contributed by atoms with Crippen LogP contribution in [0.1, 0.15) is 20.9 Å². The number of hydrogen-bond donors (Lipinski definition) is 1. The maximum atomic E-state index is 13.4. The lowest BCUT2D eigenvalue weighted by atomic mass is 10.1. The highest BCUT2D eigenvalue weighted by Crippen LogP contribution is 2.30. The van der Waals surface area contributed by atoms with E-state index in [1.165, 1.54) is 0 Å². The van der Waals surface area contributed by atoms with Crippen molar-refractivity contribution < 1.29 is 17.9 Å². The quantitative estimate of drug-likeness (QED) is 0.787. The zero-order valence-corrected chi connectivity index (χ0v) is 17.9. The van der Waals surface area contributed by atoms with E-state index in [1.807, 2.05) is 43.3 Å². The van der Waals surface area contributed by atoms with Gasteiger partial charge in [-0.3, -0.25) is 9.52 Å². The van der Waals surface area contributed by atoms with E-state index in [2.05, 4.69) is 9.71 Å². The number of anilines is 1. The zero-order chi connectivity index (χ0) is 20.5. The number of ether oxygens (including phenoxy) is 1. The fourth-order valence-electron chi connectivity index (χ4n) is 3.10. The Morgan fingerprint density at radius 3 is 2.79 bits per heavy atom. The van der Waals surface area contributed by atoms with Crippen LogP contribution in [-0.4, -0.2) is 68.7 Å². The lowest BCUT2D eigenvalue weighted by Gasteiger charge is -2.31. The van der Waals surface area contributed by atoms with Crippen molar-refractivity contribution in [2.45, 2.75) is 19.5 Å². The molecule has 1 amide bonds. The van der Waals surface area contributed by atoms with Crippen LogP contribution in [-0.2, 0) is 16.6 Å². The molecule has 0 radical (unpaired) electrons. The minimum absolute atomic E-state index is 0.150. The van der Waals surface area contributed by atoms with Crippen molar-refractivity contribution in [1.82, 2.24) is 14.8 Å². The Bertz CT molecular complexity index is 972. The third-order valence-electron chi connectivity index (χ3n) is 4.29. The number of carbonyl (C=O) groups is 1. The lowest BCUT2D eigenvalue weighted by Crippen LogP contribution is -2.47. The Balaban J connectivity index is 1.94. The number of sulfonamides is 1. The molecule has 3 rings (SSSR count). The Morgan fingerprint density at radius 1 is 1.39 bits per heavy atom. The summed E-state index contributed by atoms with van der Waals surface area (Å²) in [5.74, 6) is 0.603. The number of aryl methyl sites for hydroxylation is 1. The predicted molar refractivity (Wildman–Crippen MR) is 109 cm³/mol. The molecule has 0 bridgehead atoms. The van der Waals surface area contributed by atoms with Crippen LogP contribution in [0.4, 0.5) is 5.13 Å². The average molecular weight is 425 g/mol. The molecule has 1 N–H and O–H groups in total. The molecule has 152 valence electrons. The second kappa shape index (κ2) is 8.06. The van der Waals surface area contributed by atoms with Gasteiger partial charge in [-0.2, -0.15) is 0 Å². The fourth-order valence-corrected chi connectivity index (χ4v) is 4.86. The average Bonchev–Trinajstić information content (AvgIpc) is 2.84. The Labute approximate surface area is 169 Å². The summed E-state index contributed by atoms with van der Waals surface area (Å²) >= 11 is 1.05. The second-order valence-electron chi connectivity index (χ2n) is 7.08. The van der Waals surface area contributed by atoms with Gasteiger partial charge in [0.1, 0.15) is 17.2 Å². The van der Waals surface area contributed by atoms with Gasteiger partial charge in [-0.1, -0.05) is 29.5 Å². The van der Waals surface area contributed by atoms with E-state index in [0.717, 1.165) is 28.9 Å². The number of amides is 1. The summed E-state index contributed by atoms with van der Waals surface area (Å²) in [6.07, 6.45) is 1.06. The Kier molecular flexibility index (Phi) is 5.92. The molecule has 2 aromatic rings. The molecule has 0 fully saturated rings. The second-order valence-corrected chi connectivity index (χ2v) is 9.82. The summed E-state index contributed by atoms with van der Waals surface area (Å²) in [5.41, 5.74) is 1.44. The maximum absolute atomic E-state index is 13.4. The van der Waals surface area contributed by atoms with Crippen molar-refractivity contribution in [1.29, 1.82) is 0 Å². The molecule has 8 nitrogen and oxygen atoms in total. The number of hydrogen-bond acceptors (Lipinski definition) is 7. The molecule has 28 heavy (non-hydrogen) atoms. The van der Waals surface area contributed by atoms with Crippen LogP contribution in [0.15, 0.2) is 24.3 Å². The Morgan fingerprint density at radius 2 is 2.11 bits per heavy atom. The highest BCUT2D eigenvalue weighted by atomic mass is 32.2. The van der Waals surface area contributed by atoms with Gasteiger partial charge in [-0.25, -0.2) is 13.4 Å². The number of thiazole rings is 1. The highest BCUT2D eigenvalue weighted by Gasteiger charge is 2.32. The largest absolute Gasteiger partial charge is 0.491 e. The molecule has 1 aliphatic rings. The smallest absolute Gasteiger partial charge is 0.266 e. The number of para-hydroxylation sites is 1. The molecule has 2 heterocycles. The van der Waals surface area contributed by atoms with Crippen molar-refractivity contribution in [3.8, 4) is 5.75 Å². The van der Waals surface area contributed by atoms with Gasteiger partial charge in [0, 0.05) is 12.1 Å². The van der Waals surface area contributed by atoms with Gasteiger partial charge >= 0.3 is 0 Å². The van der Waals surface area contributed by atoms with Crippen molar-refractivity contribution in [2.24, 2.45) is 0 Å². The fraction of sp³-hybridized carbons (Fsp3) is 0.444. The molecule has 0 aliphatic carbocycles. The van der Waals surface area contributed by atoms with Crippen molar-refractivity contribution in [3.63, 3.8) is 0 Å². The third kappa shape index (κ3) is 4.81. The number of aromatic nitrogens is 1. The standard InChI is InChI=1S/C18H24N4O4S2/c1-12-16(27-18(19-12)20-28(4,24)25)17(23)22-9-13-7-5-6-8-15(13)26-11-14(22)10-21(2)3/h5-8,14H,9-11H2,1-4H3,(H,19,20). The molecule has 1 aliphatic heterocycles. The lowest BCUT2D eigenvalue weighted by molar-refractivity contribution is 0.0587. The molecule has 0 saturated carbocycles. The van der Waals surface area contributed by atoms with E-state index >= 15 is 0 Å². The summed E-state index contributed by atoms with van der Waals surface area (Å²) in [6.45, 7) is 3.15. The number of fused-ring (bicyclic) bond motifs is 1. The molecular formula is C18H24N4O4S2. The van der Waals surface area contributed by atoms with Crippen LogP contribution in [0.3, 0.4) is 0 Å².